The number of carbonyl (C=O) groups is 1. The highest BCUT2D eigenvalue weighted by Gasteiger charge is 2.59. The molecule has 3 rings (SSSR count). The Hall–Kier alpha value is -0.625. The molecular weight excluding hydrogens is 379 g/mol. The first-order valence-corrected chi connectivity index (χ1v) is 11.8. The van der Waals surface area contributed by atoms with Gasteiger partial charge in [-0.2, -0.15) is 0 Å². The summed E-state index contributed by atoms with van der Waals surface area (Å²) in [6.07, 6.45) is 5.32. The van der Waals surface area contributed by atoms with Gasteiger partial charge in [0, 0.05) is 12.5 Å². The number of fused-ring (bicyclic) bond motifs is 1. The summed E-state index contributed by atoms with van der Waals surface area (Å²) >= 11 is 0. The molecule has 2 aliphatic carbocycles. The molecule has 0 aromatic rings. The van der Waals surface area contributed by atoms with E-state index in [1.54, 1.807) is 0 Å². The standard InChI is InChI=1S/C23H43BN2O4/c1-15-12-19-22(5,16(2)21(15,3)4)30-24(29-19)11-10-17-8-9-18(14-26(6)7)23(25,13-17)20(27)28/h15-19H,8-14,25H2,1-7H3,(H,27,28)/t15-,16-,17+,18+,19+,22-,23-/m1/s1. The van der Waals surface area contributed by atoms with Gasteiger partial charge in [0.2, 0.25) is 0 Å². The van der Waals surface area contributed by atoms with E-state index in [1.165, 1.54) is 0 Å². The third kappa shape index (κ3) is 4.20. The molecule has 0 aromatic heterocycles. The summed E-state index contributed by atoms with van der Waals surface area (Å²) in [5, 5.41) is 9.86. The molecular formula is C23H43BN2O4. The minimum Gasteiger partial charge on any atom is -0.480 e. The van der Waals surface area contributed by atoms with Crippen molar-refractivity contribution in [3.63, 3.8) is 0 Å². The van der Waals surface area contributed by atoms with E-state index in [0.29, 0.717) is 24.2 Å². The second-order valence-electron chi connectivity index (χ2n) is 11.6. The molecule has 2 saturated carbocycles. The summed E-state index contributed by atoms with van der Waals surface area (Å²) in [7, 11) is 3.76. The number of carboxylic acid groups (broad SMARTS) is 1. The Morgan fingerprint density at radius 3 is 2.50 bits per heavy atom. The van der Waals surface area contributed by atoms with E-state index in [0.717, 1.165) is 38.5 Å². The Labute approximate surface area is 183 Å². The zero-order valence-electron chi connectivity index (χ0n) is 20.1. The Morgan fingerprint density at radius 2 is 1.90 bits per heavy atom. The molecule has 7 heteroatoms. The molecule has 0 aromatic carbocycles. The van der Waals surface area contributed by atoms with Crippen LogP contribution in [-0.2, 0) is 14.1 Å². The van der Waals surface area contributed by atoms with Crippen molar-refractivity contribution in [2.24, 2.45) is 34.8 Å². The summed E-state index contributed by atoms with van der Waals surface area (Å²) in [6, 6.07) is 0. The molecule has 0 spiro atoms. The fourth-order valence-corrected chi connectivity index (χ4v) is 6.31. The van der Waals surface area contributed by atoms with Gasteiger partial charge in [0.15, 0.2) is 0 Å². The molecule has 0 unspecified atom stereocenters. The Balaban J connectivity index is 1.60. The summed E-state index contributed by atoms with van der Waals surface area (Å²) in [4.78, 5) is 14.1. The van der Waals surface area contributed by atoms with Crippen molar-refractivity contribution in [2.45, 2.75) is 90.3 Å². The molecule has 3 aliphatic rings. The van der Waals surface area contributed by atoms with E-state index in [9.17, 15) is 9.90 Å². The monoisotopic (exact) mass is 422 g/mol. The van der Waals surface area contributed by atoms with Crippen LogP contribution in [0.25, 0.3) is 0 Å². The average molecular weight is 422 g/mol. The van der Waals surface area contributed by atoms with Crippen LogP contribution in [0.4, 0.5) is 0 Å². The van der Waals surface area contributed by atoms with E-state index in [1.807, 2.05) is 19.0 Å². The lowest BCUT2D eigenvalue weighted by atomic mass is 9.57. The van der Waals surface area contributed by atoms with E-state index in [-0.39, 0.29) is 30.2 Å². The Bertz CT molecular complexity index is 645. The fourth-order valence-electron chi connectivity index (χ4n) is 6.31. The van der Waals surface area contributed by atoms with Crippen molar-refractivity contribution < 1.29 is 19.2 Å². The normalized spacial score (nSPS) is 43.6. The predicted octanol–water partition coefficient (Wildman–Crippen LogP) is 3.50. The number of hydrogen-bond acceptors (Lipinski definition) is 5. The topological polar surface area (TPSA) is 85.0 Å². The molecule has 1 saturated heterocycles. The molecule has 0 amide bonds. The van der Waals surface area contributed by atoms with Gasteiger partial charge in [0.05, 0.1) is 11.7 Å². The molecule has 0 radical (unpaired) electrons. The lowest BCUT2D eigenvalue weighted by Gasteiger charge is -2.53. The Kier molecular flexibility index (Phi) is 6.71. The van der Waals surface area contributed by atoms with Gasteiger partial charge in [-0.3, -0.25) is 4.79 Å². The maximum absolute atomic E-state index is 12.0. The van der Waals surface area contributed by atoms with Crippen molar-refractivity contribution >= 4 is 13.1 Å². The maximum Gasteiger partial charge on any atom is 0.457 e. The molecule has 3 fully saturated rings. The largest absolute Gasteiger partial charge is 0.480 e. The zero-order chi connectivity index (χ0) is 22.5. The number of carboxylic acids is 1. The zero-order valence-corrected chi connectivity index (χ0v) is 20.1. The first kappa shape index (κ1) is 24.0. The van der Waals surface area contributed by atoms with Gasteiger partial charge >= 0.3 is 13.1 Å². The second-order valence-corrected chi connectivity index (χ2v) is 11.6. The lowest BCUT2D eigenvalue weighted by molar-refractivity contribution is -0.148. The third-order valence-corrected chi connectivity index (χ3v) is 9.23. The van der Waals surface area contributed by atoms with Gasteiger partial charge in [-0.25, -0.2) is 0 Å². The molecule has 0 bridgehead atoms. The van der Waals surface area contributed by atoms with Crippen LogP contribution in [0.3, 0.4) is 0 Å². The predicted molar refractivity (Wildman–Crippen MR) is 120 cm³/mol. The second kappa shape index (κ2) is 8.38. The molecule has 6 nitrogen and oxygen atoms in total. The van der Waals surface area contributed by atoms with Crippen LogP contribution in [0.15, 0.2) is 0 Å². The van der Waals surface area contributed by atoms with Crippen LogP contribution in [0, 0.1) is 29.1 Å². The third-order valence-electron chi connectivity index (χ3n) is 9.23. The number of nitrogens with zero attached hydrogens (tertiary/aromatic N) is 1. The van der Waals surface area contributed by atoms with Crippen LogP contribution >= 0.6 is 0 Å². The van der Waals surface area contributed by atoms with Crippen LogP contribution in [0.1, 0.15) is 66.7 Å². The molecule has 30 heavy (non-hydrogen) atoms. The number of nitrogens with two attached hydrogens (primary N) is 1. The van der Waals surface area contributed by atoms with Gasteiger partial charge < -0.3 is 25.0 Å². The van der Waals surface area contributed by atoms with Crippen molar-refractivity contribution in [3.8, 4) is 0 Å². The van der Waals surface area contributed by atoms with Gasteiger partial charge in [0.25, 0.3) is 0 Å². The molecule has 1 heterocycles. The number of hydrogen-bond donors (Lipinski definition) is 2. The summed E-state index contributed by atoms with van der Waals surface area (Å²) in [5.41, 5.74) is 5.29. The quantitative estimate of drug-likeness (QED) is 0.638. The van der Waals surface area contributed by atoms with Crippen LogP contribution in [-0.4, -0.2) is 61.0 Å². The first-order chi connectivity index (χ1) is 13.8. The average Bonchev–Trinajstić information content (AvgIpc) is 2.97. The molecule has 7 atom stereocenters. The van der Waals surface area contributed by atoms with Crippen LogP contribution in [0.2, 0.25) is 6.32 Å². The minimum absolute atomic E-state index is 0.00780. The summed E-state index contributed by atoms with van der Waals surface area (Å²) in [5.74, 6) is 0.435. The number of rotatable bonds is 6. The fraction of sp³-hybridized carbons (Fsp3) is 0.957. The van der Waals surface area contributed by atoms with Gasteiger partial charge in [-0.05, 0) is 76.2 Å². The van der Waals surface area contributed by atoms with E-state index in [4.69, 9.17) is 15.0 Å². The highest BCUT2D eigenvalue weighted by Crippen LogP contribution is 2.54. The van der Waals surface area contributed by atoms with E-state index in [2.05, 4.69) is 34.6 Å². The highest BCUT2D eigenvalue weighted by atomic mass is 16.7. The smallest absolute Gasteiger partial charge is 0.457 e. The molecule has 3 N–H and O–H groups in total. The molecule has 1 aliphatic heterocycles. The maximum atomic E-state index is 12.0. The summed E-state index contributed by atoms with van der Waals surface area (Å²) in [6.45, 7) is 12.3. The van der Waals surface area contributed by atoms with E-state index >= 15 is 0 Å². The first-order valence-electron chi connectivity index (χ1n) is 11.8. The SMILES string of the molecule is C[C@@H]1C[C@@H]2OB(CC[C@@H]3CC[C@@H](CN(C)C)[C@@](N)(C(=O)O)C3)O[C@]2(C)[C@H](C)C1(C)C. The van der Waals surface area contributed by atoms with Gasteiger partial charge in [-0.15, -0.1) is 0 Å². The highest BCUT2D eigenvalue weighted by molar-refractivity contribution is 6.45. The number of aliphatic carboxylic acids is 1. The van der Waals surface area contributed by atoms with Crippen molar-refractivity contribution in [1.82, 2.24) is 4.90 Å². The van der Waals surface area contributed by atoms with Crippen LogP contribution in [0.5, 0.6) is 0 Å². The van der Waals surface area contributed by atoms with E-state index < -0.39 is 11.5 Å². The minimum atomic E-state index is -1.14. The van der Waals surface area contributed by atoms with Crippen molar-refractivity contribution in [3.05, 3.63) is 0 Å². The Morgan fingerprint density at radius 1 is 1.23 bits per heavy atom. The van der Waals surface area contributed by atoms with Gasteiger partial charge in [0.1, 0.15) is 5.54 Å². The van der Waals surface area contributed by atoms with Crippen LogP contribution < -0.4 is 5.73 Å². The van der Waals surface area contributed by atoms with Crippen molar-refractivity contribution in [2.75, 3.05) is 20.6 Å². The lowest BCUT2D eigenvalue weighted by Crippen LogP contribution is -2.59. The van der Waals surface area contributed by atoms with Crippen molar-refractivity contribution in [1.29, 1.82) is 0 Å². The molecule has 172 valence electrons. The van der Waals surface area contributed by atoms with Gasteiger partial charge in [-0.1, -0.05) is 34.1 Å². The summed E-state index contributed by atoms with van der Waals surface area (Å²) < 4.78 is 12.9.